The number of benzene rings is 2. The average molecular weight is 892 g/mol. The molecule has 0 aliphatic heterocycles. The Morgan fingerprint density at radius 3 is 1.84 bits per heavy atom. The number of carbonyl (C=O) groups is 7. The van der Waals surface area contributed by atoms with Gasteiger partial charge < -0.3 is 51.9 Å². The van der Waals surface area contributed by atoms with E-state index in [0.29, 0.717) is 16.8 Å². The summed E-state index contributed by atoms with van der Waals surface area (Å²) in [7, 11) is 1.27. The van der Waals surface area contributed by atoms with Crippen LogP contribution < -0.4 is 21.3 Å². The lowest BCUT2D eigenvalue weighted by Crippen LogP contribution is -2.50. The number of hydrogen-bond donors (Lipinski definition) is 4. The number of ether oxygens (including phenoxy) is 6. The molecule has 0 aliphatic rings. The summed E-state index contributed by atoms with van der Waals surface area (Å²) in [6, 6.07) is 7.52. The van der Waals surface area contributed by atoms with Crippen LogP contribution in [-0.2, 0) is 56.1 Å². The quantitative estimate of drug-likeness (QED) is 0.0322. The maximum absolute atomic E-state index is 14.0. The van der Waals surface area contributed by atoms with Crippen LogP contribution in [0.4, 0.5) is 41.9 Å². The molecule has 2 atom stereocenters. The van der Waals surface area contributed by atoms with Crippen LogP contribution in [0.15, 0.2) is 49.1 Å². The molecular weight excluding hydrogens is 835 g/mol. The largest absolute Gasteiger partial charge is 0.500 e. The molecule has 2 aromatic rings. The van der Waals surface area contributed by atoms with Gasteiger partial charge in [0.15, 0.2) is 0 Å². The van der Waals surface area contributed by atoms with Crippen molar-refractivity contribution in [2.45, 2.75) is 65.7 Å². The predicted octanol–water partition coefficient (Wildman–Crippen LogP) is 5.75. The molecule has 5 amide bonds. The number of esters is 3. The van der Waals surface area contributed by atoms with E-state index in [4.69, 9.17) is 41.7 Å². The molecule has 2 rings (SSSR count). The second-order valence-corrected chi connectivity index (χ2v) is 16.1. The zero-order chi connectivity index (χ0) is 46.2. The zero-order valence-corrected chi connectivity index (χ0v) is 37.2. The highest BCUT2D eigenvalue weighted by molar-refractivity contribution is 6.60. The van der Waals surface area contributed by atoms with Crippen molar-refractivity contribution >= 4 is 73.8 Å². The SMILES string of the molecule is C=CC(=O)OCCOC(=O)Nc1cc(NC(=O)OC(C)COC(=O)Nc2ccc(C)c(NC(=O)N(CCC[Si](OC)(OC)OC)C(CC(=O)OCC)C(=O)OCC)c2)ccc1C. The minimum Gasteiger partial charge on any atom is -0.466 e. The molecule has 0 radical (unpaired) electrons. The van der Waals surface area contributed by atoms with Crippen LogP contribution in [0.1, 0.15) is 44.7 Å². The molecule has 62 heavy (non-hydrogen) atoms. The Balaban J connectivity index is 2.07. The number of nitrogens with zero attached hydrogens (tertiary/aromatic N) is 1. The van der Waals surface area contributed by atoms with Crippen molar-refractivity contribution in [1.82, 2.24) is 4.90 Å². The number of urea groups is 1. The molecule has 0 bridgehead atoms. The van der Waals surface area contributed by atoms with Crippen LogP contribution in [0, 0.1) is 13.8 Å². The summed E-state index contributed by atoms with van der Waals surface area (Å²) in [5.74, 6) is -2.17. The van der Waals surface area contributed by atoms with Gasteiger partial charge in [-0.05, 0) is 76.4 Å². The van der Waals surface area contributed by atoms with Crippen LogP contribution in [0.25, 0.3) is 0 Å². The fourth-order valence-electron chi connectivity index (χ4n) is 5.41. The van der Waals surface area contributed by atoms with Crippen molar-refractivity contribution < 1.29 is 75.3 Å². The van der Waals surface area contributed by atoms with E-state index in [2.05, 4.69) is 27.8 Å². The Labute approximate surface area is 361 Å². The first-order valence-electron chi connectivity index (χ1n) is 19.4. The maximum atomic E-state index is 14.0. The van der Waals surface area contributed by atoms with E-state index in [-0.39, 0.29) is 69.1 Å². The number of amides is 5. The fraction of sp³-hybridized carbons (Fsp3) is 0.475. The van der Waals surface area contributed by atoms with Gasteiger partial charge in [-0.2, -0.15) is 0 Å². The summed E-state index contributed by atoms with van der Waals surface area (Å²) in [5.41, 5.74) is 2.33. The molecule has 4 N–H and O–H groups in total. The van der Waals surface area contributed by atoms with Gasteiger partial charge in [0.25, 0.3) is 0 Å². The van der Waals surface area contributed by atoms with Gasteiger partial charge in [0.2, 0.25) is 0 Å². The Kier molecular flexibility index (Phi) is 22.5. The fourth-order valence-corrected chi connectivity index (χ4v) is 7.11. The molecular formula is C40H57N5O16Si. The van der Waals surface area contributed by atoms with Gasteiger partial charge in [-0.15, -0.1) is 0 Å². The molecule has 2 aromatic carbocycles. The topological polar surface area (TPSA) is 254 Å². The molecule has 0 fully saturated rings. The summed E-state index contributed by atoms with van der Waals surface area (Å²) in [6.45, 7) is 10.7. The Bertz CT molecular complexity index is 1850. The molecule has 0 saturated heterocycles. The number of anilines is 4. The van der Waals surface area contributed by atoms with E-state index in [1.54, 1.807) is 52.0 Å². The van der Waals surface area contributed by atoms with Gasteiger partial charge >= 0.3 is 51.0 Å². The van der Waals surface area contributed by atoms with E-state index in [0.717, 1.165) is 6.08 Å². The Hall–Kier alpha value is -6.23. The van der Waals surface area contributed by atoms with Crippen molar-refractivity contribution in [3.05, 3.63) is 60.2 Å². The summed E-state index contributed by atoms with van der Waals surface area (Å²) < 4.78 is 47.1. The minimum atomic E-state index is -3.07. The molecule has 0 aliphatic carbocycles. The Morgan fingerprint density at radius 2 is 1.27 bits per heavy atom. The highest BCUT2D eigenvalue weighted by Gasteiger charge is 2.39. The third kappa shape index (κ3) is 17.8. The van der Waals surface area contributed by atoms with E-state index in [1.807, 2.05) is 0 Å². The molecule has 342 valence electrons. The molecule has 22 heteroatoms. The zero-order valence-electron chi connectivity index (χ0n) is 36.2. The number of carbonyl (C=O) groups excluding carboxylic acids is 7. The first kappa shape index (κ1) is 51.9. The van der Waals surface area contributed by atoms with Crippen molar-refractivity contribution in [1.29, 1.82) is 0 Å². The van der Waals surface area contributed by atoms with Crippen LogP contribution in [0.5, 0.6) is 0 Å². The second-order valence-electron chi connectivity index (χ2n) is 13.1. The second kappa shape index (κ2) is 26.9. The molecule has 21 nitrogen and oxygen atoms in total. The van der Waals surface area contributed by atoms with Crippen LogP contribution in [-0.4, -0.2) is 129 Å². The highest BCUT2D eigenvalue weighted by atomic mass is 28.4. The van der Waals surface area contributed by atoms with Crippen molar-refractivity contribution in [2.75, 3.05) is 82.2 Å². The van der Waals surface area contributed by atoms with Crippen LogP contribution in [0.2, 0.25) is 6.04 Å². The van der Waals surface area contributed by atoms with E-state index >= 15 is 0 Å². The van der Waals surface area contributed by atoms with Crippen molar-refractivity contribution in [3.63, 3.8) is 0 Å². The van der Waals surface area contributed by atoms with Crippen LogP contribution >= 0.6 is 0 Å². The lowest BCUT2D eigenvalue weighted by atomic mass is 10.1. The van der Waals surface area contributed by atoms with Gasteiger partial charge in [0.1, 0.15) is 32.0 Å². The van der Waals surface area contributed by atoms with Gasteiger partial charge in [0.05, 0.1) is 19.6 Å². The normalized spacial score (nSPS) is 11.7. The summed E-state index contributed by atoms with van der Waals surface area (Å²) in [6.07, 6.45) is -2.73. The summed E-state index contributed by atoms with van der Waals surface area (Å²) in [5, 5.41) is 10.4. The summed E-state index contributed by atoms with van der Waals surface area (Å²) >= 11 is 0. The minimum absolute atomic E-state index is 0.00347. The Morgan fingerprint density at radius 1 is 0.726 bits per heavy atom. The summed E-state index contributed by atoms with van der Waals surface area (Å²) in [4.78, 5) is 89.6. The predicted molar refractivity (Wildman–Crippen MR) is 227 cm³/mol. The van der Waals surface area contributed by atoms with E-state index in [9.17, 15) is 33.6 Å². The average Bonchev–Trinajstić information content (AvgIpc) is 3.23. The third-order valence-electron chi connectivity index (χ3n) is 8.61. The smallest absolute Gasteiger partial charge is 0.466 e. The lowest BCUT2D eigenvalue weighted by Gasteiger charge is -2.31. The van der Waals surface area contributed by atoms with Crippen molar-refractivity contribution in [2.24, 2.45) is 0 Å². The number of hydrogen-bond acceptors (Lipinski definition) is 16. The first-order valence-corrected chi connectivity index (χ1v) is 21.4. The monoisotopic (exact) mass is 891 g/mol. The van der Waals surface area contributed by atoms with E-state index in [1.165, 1.54) is 45.3 Å². The highest BCUT2D eigenvalue weighted by Crippen LogP contribution is 2.24. The van der Waals surface area contributed by atoms with E-state index < -0.39 is 69.6 Å². The van der Waals surface area contributed by atoms with Crippen LogP contribution in [0.3, 0.4) is 0 Å². The molecule has 0 saturated carbocycles. The number of aryl methyl sites for hydroxylation is 2. The molecule has 2 unspecified atom stereocenters. The number of rotatable bonds is 24. The number of nitrogens with one attached hydrogen (secondary N) is 4. The third-order valence-corrected chi connectivity index (χ3v) is 11.4. The standard InChI is InChI=1S/C40H57N5O16Si/c1-10-34(46)58-19-20-59-39(51)44-32-23-30(17-15-27(32)5)42-40(52)61-28(6)25-60-38(50)41-29-16-14-26(4)31(22-29)43-37(49)45(18-13-21-62(53-7,54-8)55-9)33(36(48)57-12-3)24-35(47)56-11-2/h10,14-17,22-23,28,33H,1,11-13,18-21,24-25H2,2-9H3,(H,41,50)(H,42,52)(H,43,49)(H,44,51). The maximum Gasteiger partial charge on any atom is 0.500 e. The lowest BCUT2D eigenvalue weighted by molar-refractivity contribution is -0.155. The molecule has 0 spiro atoms. The van der Waals surface area contributed by atoms with Gasteiger partial charge in [0, 0.05) is 62.7 Å². The van der Waals surface area contributed by atoms with Gasteiger partial charge in [-0.25, -0.2) is 28.8 Å². The first-order chi connectivity index (χ1) is 29.5. The van der Waals surface area contributed by atoms with Crippen molar-refractivity contribution in [3.8, 4) is 0 Å². The van der Waals surface area contributed by atoms with Gasteiger partial charge in [-0.1, -0.05) is 18.7 Å². The molecule has 0 aromatic heterocycles. The van der Waals surface area contributed by atoms with Gasteiger partial charge in [-0.3, -0.25) is 20.7 Å². The molecule has 0 heterocycles.